The van der Waals surface area contributed by atoms with Crippen LogP contribution in [0.25, 0.3) is 0 Å². The van der Waals surface area contributed by atoms with Crippen LogP contribution in [0.4, 0.5) is 0 Å². The fraction of sp³-hybridized carbons (Fsp3) is 1.00. The van der Waals surface area contributed by atoms with Crippen LogP contribution in [-0.2, 0) is 0 Å². The zero-order valence-electron chi connectivity index (χ0n) is 8.39. The third-order valence-corrected chi connectivity index (χ3v) is 3.50. The van der Waals surface area contributed by atoms with E-state index in [4.69, 9.17) is 5.11 Å². The lowest BCUT2D eigenvalue weighted by Gasteiger charge is -2.45. The van der Waals surface area contributed by atoms with E-state index in [2.05, 4.69) is 0 Å². The van der Waals surface area contributed by atoms with Crippen molar-refractivity contribution in [1.29, 1.82) is 0 Å². The summed E-state index contributed by atoms with van der Waals surface area (Å²) in [6, 6.07) is -0.775. The Morgan fingerprint density at radius 1 is 1.07 bits per heavy atom. The van der Waals surface area contributed by atoms with Crippen LogP contribution in [0.2, 0.25) is 0 Å². The molecule has 0 aromatic carbocycles. The largest absolute Gasteiger partial charge is 0.395 e. The number of hydrogen-bond donors (Lipinski definition) is 5. The van der Waals surface area contributed by atoms with E-state index in [0.29, 0.717) is 5.75 Å². The summed E-state index contributed by atoms with van der Waals surface area (Å²) in [7, 11) is 0. The van der Waals surface area contributed by atoms with Crippen molar-refractivity contribution in [3.8, 4) is 0 Å². The van der Waals surface area contributed by atoms with Gasteiger partial charge in [-0.15, -0.1) is 0 Å². The van der Waals surface area contributed by atoms with Gasteiger partial charge in [-0.1, -0.05) is 18.9 Å². The van der Waals surface area contributed by atoms with Crippen LogP contribution >= 0.6 is 11.9 Å². The van der Waals surface area contributed by atoms with Crippen molar-refractivity contribution >= 4 is 11.9 Å². The summed E-state index contributed by atoms with van der Waals surface area (Å²) in [5.41, 5.74) is 0. The van der Waals surface area contributed by atoms with E-state index in [9.17, 15) is 20.4 Å². The van der Waals surface area contributed by atoms with Gasteiger partial charge < -0.3 is 25.5 Å². The molecule has 0 aromatic rings. The highest BCUT2D eigenvalue weighted by Crippen LogP contribution is 2.29. The van der Waals surface area contributed by atoms with Gasteiger partial charge in [-0.2, -0.15) is 0 Å². The van der Waals surface area contributed by atoms with E-state index in [1.165, 1.54) is 16.3 Å². The maximum absolute atomic E-state index is 9.63. The molecule has 1 fully saturated rings. The summed E-state index contributed by atoms with van der Waals surface area (Å²) in [4.78, 5) is 0. The second kappa shape index (κ2) is 5.44. The molecule has 0 aliphatic carbocycles. The van der Waals surface area contributed by atoms with Gasteiger partial charge in [0.2, 0.25) is 0 Å². The van der Waals surface area contributed by atoms with Gasteiger partial charge in [0.05, 0.1) is 12.6 Å². The summed E-state index contributed by atoms with van der Waals surface area (Å²) in [6.45, 7) is 1.45. The second-order valence-corrected chi connectivity index (χ2v) is 4.67. The molecule has 5 N–H and O–H groups in total. The molecule has 1 unspecified atom stereocenters. The van der Waals surface area contributed by atoms with Gasteiger partial charge in [-0.25, -0.2) is 4.31 Å². The summed E-state index contributed by atoms with van der Waals surface area (Å²) in [5.74, 6) is 0.628. The lowest BCUT2D eigenvalue weighted by molar-refractivity contribution is -0.194. The van der Waals surface area contributed by atoms with Crippen LogP contribution in [0.1, 0.15) is 6.92 Å². The normalized spacial score (nSPS) is 43.2. The Balaban J connectivity index is 2.82. The van der Waals surface area contributed by atoms with Crippen LogP contribution in [0.5, 0.6) is 0 Å². The Morgan fingerprint density at radius 3 is 2.13 bits per heavy atom. The molecule has 1 rings (SSSR count). The molecule has 0 spiro atoms. The average Bonchev–Trinajstić information content (AvgIpc) is 2.24. The zero-order valence-corrected chi connectivity index (χ0v) is 9.21. The number of nitrogens with zero attached hydrogens (tertiary/aromatic N) is 1. The Labute approximate surface area is 92.3 Å². The van der Waals surface area contributed by atoms with Crippen molar-refractivity contribution < 1.29 is 25.5 Å². The van der Waals surface area contributed by atoms with Gasteiger partial charge in [-0.3, -0.25) is 0 Å². The average molecular weight is 239 g/mol. The fourth-order valence-electron chi connectivity index (χ4n) is 1.61. The minimum Gasteiger partial charge on any atom is -0.395 e. The Hall–Kier alpha value is 0.110. The third-order valence-electron chi connectivity index (χ3n) is 2.45. The van der Waals surface area contributed by atoms with Gasteiger partial charge in [0, 0.05) is 5.75 Å². The number of hydrogen-bond acceptors (Lipinski definition) is 7. The van der Waals surface area contributed by atoms with E-state index in [1.807, 2.05) is 6.92 Å². The molecule has 15 heavy (non-hydrogen) atoms. The maximum atomic E-state index is 9.63. The van der Waals surface area contributed by atoms with Crippen LogP contribution in [0, 0.1) is 0 Å². The van der Waals surface area contributed by atoms with Crippen molar-refractivity contribution in [2.75, 3.05) is 12.4 Å². The highest BCUT2D eigenvalue weighted by molar-refractivity contribution is 7.97. The van der Waals surface area contributed by atoms with Crippen molar-refractivity contribution in [2.45, 2.75) is 37.5 Å². The van der Waals surface area contributed by atoms with Crippen molar-refractivity contribution in [3.05, 3.63) is 0 Å². The lowest BCUT2D eigenvalue weighted by Crippen LogP contribution is -2.65. The first-order valence-electron chi connectivity index (χ1n) is 4.79. The number of piperidine rings is 1. The number of aliphatic hydroxyl groups is 5. The monoisotopic (exact) mass is 239 g/mol. The summed E-state index contributed by atoms with van der Waals surface area (Å²) in [6.07, 6.45) is -5.43. The SMILES string of the molecule is CCSN1C(O)[C@H](O)[C@@H](O)[C@H](O)[C@H]1CO. The van der Waals surface area contributed by atoms with E-state index >= 15 is 0 Å². The molecule has 7 heteroatoms. The molecule has 1 aliphatic rings. The first kappa shape index (κ1) is 13.2. The van der Waals surface area contributed by atoms with E-state index in [-0.39, 0.29) is 0 Å². The van der Waals surface area contributed by atoms with Gasteiger partial charge in [0.25, 0.3) is 0 Å². The first-order chi connectivity index (χ1) is 7.04. The third kappa shape index (κ3) is 2.44. The molecular formula is C8H17NO5S. The number of aliphatic hydroxyl groups excluding tert-OH is 5. The Kier molecular flexibility index (Phi) is 4.78. The van der Waals surface area contributed by atoms with Gasteiger partial charge in [-0.05, 0) is 0 Å². The molecule has 6 nitrogen and oxygen atoms in total. The van der Waals surface area contributed by atoms with Crippen LogP contribution < -0.4 is 0 Å². The molecule has 0 aromatic heterocycles. The van der Waals surface area contributed by atoms with Gasteiger partial charge >= 0.3 is 0 Å². The minimum atomic E-state index is -1.44. The van der Waals surface area contributed by atoms with E-state index in [1.54, 1.807) is 0 Å². The number of rotatable bonds is 3. The predicted octanol–water partition coefficient (Wildman–Crippen LogP) is -2.27. The molecule has 1 saturated heterocycles. The molecule has 5 atom stereocenters. The van der Waals surface area contributed by atoms with E-state index < -0.39 is 37.2 Å². The maximum Gasteiger partial charge on any atom is 0.145 e. The zero-order chi connectivity index (χ0) is 11.6. The highest BCUT2D eigenvalue weighted by atomic mass is 32.2. The topological polar surface area (TPSA) is 104 Å². The van der Waals surface area contributed by atoms with Gasteiger partial charge in [0.15, 0.2) is 0 Å². The Bertz CT molecular complexity index is 207. The first-order valence-corrected chi connectivity index (χ1v) is 5.73. The smallest absolute Gasteiger partial charge is 0.145 e. The molecule has 0 bridgehead atoms. The molecule has 1 heterocycles. The fourth-order valence-corrected chi connectivity index (χ4v) is 2.57. The molecule has 1 aliphatic heterocycles. The highest BCUT2D eigenvalue weighted by Gasteiger charge is 2.47. The second-order valence-electron chi connectivity index (χ2n) is 3.41. The summed E-state index contributed by atoms with van der Waals surface area (Å²) >= 11 is 1.19. The van der Waals surface area contributed by atoms with Crippen LogP contribution in [0.3, 0.4) is 0 Å². The van der Waals surface area contributed by atoms with Gasteiger partial charge in [0.1, 0.15) is 24.5 Å². The molecule has 0 radical (unpaired) electrons. The molecule has 0 amide bonds. The predicted molar refractivity (Wildman–Crippen MR) is 54.9 cm³/mol. The molecule has 90 valence electrons. The standard InChI is InChI=1S/C8H17NO5S/c1-2-15-9-4(3-10)5(11)6(12)7(13)8(9)14/h4-8,10-14H,2-3H2,1H3/t4-,5-,6+,7-,8?/m1/s1. The van der Waals surface area contributed by atoms with Crippen molar-refractivity contribution in [2.24, 2.45) is 0 Å². The van der Waals surface area contributed by atoms with Crippen LogP contribution in [-0.4, -0.2) is 72.8 Å². The summed E-state index contributed by atoms with van der Waals surface area (Å²) < 4.78 is 1.32. The molecular weight excluding hydrogens is 222 g/mol. The van der Waals surface area contributed by atoms with Crippen molar-refractivity contribution in [3.63, 3.8) is 0 Å². The minimum absolute atomic E-state index is 0.394. The van der Waals surface area contributed by atoms with Crippen molar-refractivity contribution in [1.82, 2.24) is 4.31 Å². The summed E-state index contributed by atoms with van der Waals surface area (Å²) in [5, 5.41) is 47.1. The van der Waals surface area contributed by atoms with Crippen LogP contribution in [0.15, 0.2) is 0 Å². The quantitative estimate of drug-likeness (QED) is 0.354. The Morgan fingerprint density at radius 2 is 1.67 bits per heavy atom. The van der Waals surface area contributed by atoms with E-state index in [0.717, 1.165) is 0 Å². The molecule has 0 saturated carbocycles. The lowest BCUT2D eigenvalue weighted by atomic mass is 9.95.